The van der Waals surface area contributed by atoms with Gasteiger partial charge in [0.1, 0.15) is 5.75 Å². The first-order valence-electron chi connectivity index (χ1n) is 7.64. The van der Waals surface area contributed by atoms with Gasteiger partial charge in [0.2, 0.25) is 10.0 Å². The molecule has 0 unspecified atom stereocenters. The zero-order valence-corrected chi connectivity index (χ0v) is 15.8. The second kappa shape index (κ2) is 7.14. The molecule has 0 aliphatic heterocycles. The number of ether oxygens (including phenoxy) is 1. The van der Waals surface area contributed by atoms with Crippen LogP contribution in [-0.2, 0) is 10.0 Å². The van der Waals surface area contributed by atoms with E-state index in [0.717, 1.165) is 21.7 Å². The van der Waals surface area contributed by atoms with Crippen LogP contribution in [-0.4, -0.2) is 34.7 Å². The summed E-state index contributed by atoms with van der Waals surface area (Å²) < 4.78 is 29.8. The van der Waals surface area contributed by atoms with Gasteiger partial charge in [0.15, 0.2) is 0 Å². The highest BCUT2D eigenvalue weighted by Crippen LogP contribution is 2.27. The van der Waals surface area contributed by atoms with Gasteiger partial charge in [-0.25, -0.2) is 8.42 Å². The average molecular weight is 362 g/mol. The highest BCUT2D eigenvalue weighted by Gasteiger charge is 2.18. The molecule has 134 valence electrons. The number of hydrogen-bond acceptors (Lipinski definition) is 4. The number of carbonyl (C=O) groups excluding carboxylic acids is 1. The number of anilines is 2. The number of carbonyl (C=O) groups is 1. The molecule has 0 atom stereocenters. The van der Waals surface area contributed by atoms with Gasteiger partial charge in [0, 0.05) is 12.7 Å². The van der Waals surface area contributed by atoms with E-state index in [1.54, 1.807) is 12.1 Å². The first-order chi connectivity index (χ1) is 11.6. The number of amides is 1. The molecule has 0 fully saturated rings. The predicted octanol–water partition coefficient (Wildman–Crippen LogP) is 2.96. The maximum atomic E-state index is 12.7. The number of benzene rings is 2. The van der Waals surface area contributed by atoms with Gasteiger partial charge < -0.3 is 10.1 Å². The van der Waals surface area contributed by atoms with Gasteiger partial charge in [-0.05, 0) is 55.3 Å². The summed E-state index contributed by atoms with van der Waals surface area (Å²) in [5.74, 6) is -0.00385. The van der Waals surface area contributed by atoms with Crippen molar-refractivity contribution in [2.45, 2.75) is 13.8 Å². The van der Waals surface area contributed by atoms with Crippen LogP contribution in [0.2, 0.25) is 0 Å². The largest absolute Gasteiger partial charge is 0.496 e. The van der Waals surface area contributed by atoms with Crippen LogP contribution in [0, 0.1) is 13.8 Å². The van der Waals surface area contributed by atoms with E-state index in [2.05, 4.69) is 5.32 Å². The maximum Gasteiger partial charge on any atom is 0.259 e. The van der Waals surface area contributed by atoms with Crippen LogP contribution < -0.4 is 14.4 Å². The summed E-state index contributed by atoms with van der Waals surface area (Å²) in [4.78, 5) is 12.7. The molecule has 1 amide bonds. The number of sulfonamides is 1. The molecule has 6 nitrogen and oxygen atoms in total. The van der Waals surface area contributed by atoms with E-state index in [-0.39, 0.29) is 11.5 Å². The van der Waals surface area contributed by atoms with Crippen molar-refractivity contribution >= 4 is 27.3 Å². The van der Waals surface area contributed by atoms with Crippen molar-refractivity contribution in [3.8, 4) is 5.75 Å². The molecular formula is C18H22N2O4S. The molecule has 0 saturated heterocycles. The number of nitrogens with one attached hydrogen (secondary N) is 1. The van der Waals surface area contributed by atoms with Crippen molar-refractivity contribution in [1.82, 2.24) is 0 Å². The van der Waals surface area contributed by atoms with E-state index in [9.17, 15) is 13.2 Å². The summed E-state index contributed by atoms with van der Waals surface area (Å²) in [5, 5.41) is 2.82. The van der Waals surface area contributed by atoms with Crippen molar-refractivity contribution in [2.75, 3.05) is 30.0 Å². The lowest BCUT2D eigenvalue weighted by molar-refractivity contribution is 0.102. The average Bonchev–Trinajstić information content (AvgIpc) is 2.56. The van der Waals surface area contributed by atoms with Crippen LogP contribution in [0.5, 0.6) is 5.75 Å². The number of methoxy groups -OCH3 is 1. The smallest absolute Gasteiger partial charge is 0.259 e. The van der Waals surface area contributed by atoms with Crippen molar-refractivity contribution in [2.24, 2.45) is 0 Å². The second-order valence-electron chi connectivity index (χ2n) is 5.87. The Morgan fingerprint density at radius 3 is 2.32 bits per heavy atom. The Bertz CT molecular complexity index is 907. The van der Waals surface area contributed by atoms with Crippen LogP contribution in [0.3, 0.4) is 0 Å². The van der Waals surface area contributed by atoms with E-state index < -0.39 is 10.0 Å². The minimum atomic E-state index is -3.43. The van der Waals surface area contributed by atoms with Gasteiger partial charge in [-0.1, -0.05) is 6.07 Å². The molecule has 0 heterocycles. The third kappa shape index (κ3) is 4.30. The van der Waals surface area contributed by atoms with Crippen molar-refractivity contribution in [1.29, 1.82) is 0 Å². The lowest BCUT2D eigenvalue weighted by Gasteiger charge is -2.18. The van der Waals surface area contributed by atoms with Crippen molar-refractivity contribution < 1.29 is 17.9 Å². The normalized spacial score (nSPS) is 11.1. The zero-order valence-electron chi connectivity index (χ0n) is 15.0. The lowest BCUT2D eigenvalue weighted by atomic mass is 10.1. The Balaban J connectivity index is 2.38. The molecule has 2 rings (SSSR count). The molecular weight excluding hydrogens is 340 g/mol. The fraction of sp³-hybridized carbons (Fsp3) is 0.278. The topological polar surface area (TPSA) is 75.7 Å². The Kier molecular flexibility index (Phi) is 5.37. The second-order valence-corrected chi connectivity index (χ2v) is 7.88. The molecule has 25 heavy (non-hydrogen) atoms. The van der Waals surface area contributed by atoms with Crippen LogP contribution >= 0.6 is 0 Å². The lowest BCUT2D eigenvalue weighted by Crippen LogP contribution is -2.25. The highest BCUT2D eigenvalue weighted by molar-refractivity contribution is 7.92. The van der Waals surface area contributed by atoms with E-state index in [4.69, 9.17) is 4.74 Å². The molecule has 0 aliphatic carbocycles. The van der Waals surface area contributed by atoms with E-state index in [1.165, 1.54) is 20.2 Å². The van der Waals surface area contributed by atoms with Gasteiger partial charge >= 0.3 is 0 Å². The molecule has 0 aromatic heterocycles. The number of aryl methyl sites for hydroxylation is 2. The summed E-state index contributed by atoms with van der Waals surface area (Å²) in [5.41, 5.74) is 3.50. The van der Waals surface area contributed by atoms with E-state index in [0.29, 0.717) is 17.1 Å². The van der Waals surface area contributed by atoms with Crippen LogP contribution in [0.25, 0.3) is 0 Å². The SMILES string of the molecule is COc1ccc(N(C)S(C)(=O)=O)cc1C(=O)Nc1ccc(C)c(C)c1. The standard InChI is InChI=1S/C18H22N2O4S/c1-12-6-7-14(10-13(12)2)19-18(21)16-11-15(8-9-17(16)24-4)20(3)25(5,22)23/h6-11H,1-5H3,(H,19,21). The maximum absolute atomic E-state index is 12.7. The fourth-order valence-electron chi connectivity index (χ4n) is 2.28. The Morgan fingerprint density at radius 2 is 1.76 bits per heavy atom. The monoisotopic (exact) mass is 362 g/mol. The first-order valence-corrected chi connectivity index (χ1v) is 9.49. The molecule has 0 aliphatic rings. The van der Waals surface area contributed by atoms with Gasteiger partial charge in [0.25, 0.3) is 5.91 Å². The molecule has 7 heteroatoms. The van der Waals surface area contributed by atoms with Gasteiger partial charge in [-0.3, -0.25) is 9.10 Å². The van der Waals surface area contributed by atoms with Gasteiger partial charge in [0.05, 0.1) is 24.6 Å². The van der Waals surface area contributed by atoms with E-state index >= 15 is 0 Å². The summed E-state index contributed by atoms with van der Waals surface area (Å²) in [7, 11) is -0.533. The molecule has 0 radical (unpaired) electrons. The molecule has 1 N–H and O–H groups in total. The summed E-state index contributed by atoms with van der Waals surface area (Å²) in [6.45, 7) is 3.96. The van der Waals surface area contributed by atoms with Crippen LogP contribution in [0.1, 0.15) is 21.5 Å². The number of hydrogen-bond donors (Lipinski definition) is 1. The zero-order chi connectivity index (χ0) is 18.8. The Hall–Kier alpha value is -2.54. The minimum Gasteiger partial charge on any atom is -0.496 e. The molecule has 0 saturated carbocycles. The third-order valence-corrected chi connectivity index (χ3v) is 5.26. The summed E-state index contributed by atoms with van der Waals surface area (Å²) in [6.07, 6.45) is 1.10. The molecule has 2 aromatic carbocycles. The van der Waals surface area contributed by atoms with E-state index in [1.807, 2.05) is 32.0 Å². The first kappa shape index (κ1) is 18.8. The quantitative estimate of drug-likeness (QED) is 0.887. The number of nitrogens with zero attached hydrogens (tertiary/aromatic N) is 1. The number of rotatable bonds is 5. The third-order valence-electron chi connectivity index (χ3n) is 4.05. The molecule has 2 aromatic rings. The van der Waals surface area contributed by atoms with Gasteiger partial charge in [-0.2, -0.15) is 0 Å². The summed E-state index contributed by atoms with van der Waals surface area (Å²) >= 11 is 0. The molecule has 0 bridgehead atoms. The fourth-order valence-corrected chi connectivity index (χ4v) is 2.77. The Labute approximate surface area is 148 Å². The molecule has 0 spiro atoms. The van der Waals surface area contributed by atoms with Crippen LogP contribution in [0.4, 0.5) is 11.4 Å². The minimum absolute atomic E-state index is 0.258. The summed E-state index contributed by atoms with van der Waals surface area (Å²) in [6, 6.07) is 10.3. The van der Waals surface area contributed by atoms with Gasteiger partial charge in [-0.15, -0.1) is 0 Å². The van der Waals surface area contributed by atoms with Crippen molar-refractivity contribution in [3.05, 3.63) is 53.1 Å². The Morgan fingerprint density at radius 1 is 1.08 bits per heavy atom. The van der Waals surface area contributed by atoms with Crippen molar-refractivity contribution in [3.63, 3.8) is 0 Å². The predicted molar refractivity (Wildman–Crippen MR) is 100 cm³/mol. The highest BCUT2D eigenvalue weighted by atomic mass is 32.2. The van der Waals surface area contributed by atoms with Crippen LogP contribution in [0.15, 0.2) is 36.4 Å².